The number of Topliss-reactive ketones (excluding diaryl/α,β-unsaturated/α-hetero) is 1. The van der Waals surface area contributed by atoms with E-state index in [1.807, 2.05) is 0 Å². The normalized spacial score (nSPS) is 10.7. The topological polar surface area (TPSA) is 67.8 Å². The van der Waals surface area contributed by atoms with Gasteiger partial charge in [-0.1, -0.05) is 41.0 Å². The number of carbonyl (C=O) groups is 1. The third-order valence-electron chi connectivity index (χ3n) is 2.40. The maximum Gasteiger partial charge on any atom is 0.344 e. The number of halogens is 2. The van der Waals surface area contributed by atoms with E-state index in [1.165, 1.54) is 11.8 Å². The Labute approximate surface area is 122 Å². The Morgan fingerprint density at radius 2 is 2.21 bits per heavy atom. The lowest BCUT2D eigenvalue weighted by Gasteiger charge is -2.04. The second kappa shape index (κ2) is 5.81. The van der Waals surface area contributed by atoms with E-state index in [4.69, 9.17) is 23.2 Å². The highest BCUT2D eigenvalue weighted by Crippen LogP contribution is 2.25. The van der Waals surface area contributed by atoms with Crippen molar-refractivity contribution >= 4 is 40.7 Å². The Morgan fingerprint density at radius 3 is 2.84 bits per heavy atom. The van der Waals surface area contributed by atoms with Crippen molar-refractivity contribution in [3.8, 4) is 0 Å². The fourth-order valence-electron chi connectivity index (χ4n) is 1.48. The van der Waals surface area contributed by atoms with Gasteiger partial charge in [0.2, 0.25) is 0 Å². The number of hydrogen-bond acceptors (Lipinski definition) is 4. The Morgan fingerprint density at radius 1 is 1.47 bits per heavy atom. The van der Waals surface area contributed by atoms with Crippen LogP contribution in [-0.4, -0.2) is 26.8 Å². The predicted molar refractivity (Wildman–Crippen MR) is 75.4 cm³/mol. The summed E-state index contributed by atoms with van der Waals surface area (Å²) >= 11 is 13.1. The van der Waals surface area contributed by atoms with Crippen LogP contribution in [0.1, 0.15) is 10.4 Å². The van der Waals surface area contributed by atoms with Gasteiger partial charge in [0.25, 0.3) is 0 Å². The first-order valence-electron chi connectivity index (χ1n) is 5.21. The molecule has 0 saturated heterocycles. The molecular weight excluding hydrogens is 309 g/mol. The van der Waals surface area contributed by atoms with E-state index in [9.17, 15) is 9.59 Å². The van der Waals surface area contributed by atoms with Crippen molar-refractivity contribution in [1.29, 1.82) is 0 Å². The zero-order chi connectivity index (χ0) is 14.0. The van der Waals surface area contributed by atoms with Gasteiger partial charge in [-0.3, -0.25) is 9.78 Å². The molecular formula is C11H9Cl2N3O2S. The highest BCUT2D eigenvalue weighted by atomic mass is 35.5. The number of hydrogen-bond donors (Lipinski definition) is 1. The second-order valence-corrected chi connectivity index (χ2v) is 5.20. The molecule has 1 heterocycles. The number of nitrogens with zero attached hydrogens (tertiary/aromatic N) is 2. The number of thioether (sulfide) groups is 1. The molecule has 8 heteroatoms. The number of aromatic nitrogens is 3. The summed E-state index contributed by atoms with van der Waals surface area (Å²) in [5.41, 5.74) is -0.161. The lowest BCUT2D eigenvalue weighted by Crippen LogP contribution is -2.23. The number of nitrogens with one attached hydrogen (secondary N) is 1. The van der Waals surface area contributed by atoms with Crippen molar-refractivity contribution in [3.63, 3.8) is 0 Å². The molecule has 0 radical (unpaired) electrons. The van der Waals surface area contributed by atoms with E-state index in [0.717, 1.165) is 4.68 Å². The fourth-order valence-corrected chi connectivity index (χ4v) is 2.25. The smallest absolute Gasteiger partial charge is 0.292 e. The van der Waals surface area contributed by atoms with E-state index in [0.29, 0.717) is 10.2 Å². The summed E-state index contributed by atoms with van der Waals surface area (Å²) in [5, 5.41) is 4.90. The number of aromatic amines is 1. The van der Waals surface area contributed by atoms with Gasteiger partial charge < -0.3 is 0 Å². The van der Waals surface area contributed by atoms with Crippen LogP contribution in [0.5, 0.6) is 0 Å². The first-order valence-corrected chi connectivity index (χ1v) is 7.19. The molecule has 0 aliphatic heterocycles. The average Bonchev–Trinajstić information content (AvgIpc) is 2.73. The SMILES string of the molecule is CSc1nn(CC(=O)c2cccc(Cl)c2Cl)c(=O)[nH]1. The van der Waals surface area contributed by atoms with Crippen molar-refractivity contribution < 1.29 is 4.79 Å². The summed E-state index contributed by atoms with van der Waals surface area (Å²) in [6.45, 7) is -0.185. The summed E-state index contributed by atoms with van der Waals surface area (Å²) in [5.74, 6) is -0.325. The first-order chi connectivity index (χ1) is 9.02. The average molecular weight is 318 g/mol. The molecule has 0 spiro atoms. The lowest BCUT2D eigenvalue weighted by atomic mass is 10.1. The molecule has 1 aromatic heterocycles. The van der Waals surface area contributed by atoms with Gasteiger partial charge in [-0.2, -0.15) is 0 Å². The molecule has 0 aliphatic carbocycles. The van der Waals surface area contributed by atoms with Gasteiger partial charge in [0.1, 0.15) is 6.54 Å². The van der Waals surface area contributed by atoms with E-state index >= 15 is 0 Å². The number of H-pyrrole nitrogens is 1. The number of carbonyl (C=O) groups excluding carboxylic acids is 1. The van der Waals surface area contributed by atoms with Crippen molar-refractivity contribution in [2.75, 3.05) is 6.26 Å². The summed E-state index contributed by atoms with van der Waals surface area (Å²) in [7, 11) is 0. The van der Waals surface area contributed by atoms with E-state index in [1.54, 1.807) is 24.5 Å². The molecule has 2 rings (SSSR count). The molecule has 5 nitrogen and oxygen atoms in total. The minimum Gasteiger partial charge on any atom is -0.292 e. The minimum atomic E-state index is -0.434. The molecule has 1 aromatic carbocycles. The van der Waals surface area contributed by atoms with Crippen molar-refractivity contribution in [2.24, 2.45) is 0 Å². The summed E-state index contributed by atoms with van der Waals surface area (Å²) < 4.78 is 1.06. The lowest BCUT2D eigenvalue weighted by molar-refractivity contribution is 0.0966. The number of benzene rings is 1. The molecule has 0 atom stereocenters. The Kier molecular flexibility index (Phi) is 4.34. The van der Waals surface area contributed by atoms with Gasteiger partial charge in [0, 0.05) is 5.56 Å². The Bertz CT molecular complexity index is 681. The molecule has 0 bridgehead atoms. The van der Waals surface area contributed by atoms with Crippen LogP contribution in [0.25, 0.3) is 0 Å². The van der Waals surface area contributed by atoms with E-state index in [-0.39, 0.29) is 22.9 Å². The van der Waals surface area contributed by atoms with Crippen molar-refractivity contribution in [2.45, 2.75) is 11.7 Å². The summed E-state index contributed by atoms with van der Waals surface area (Å²) in [4.78, 5) is 26.1. The van der Waals surface area contributed by atoms with Crippen LogP contribution < -0.4 is 5.69 Å². The van der Waals surface area contributed by atoms with Gasteiger partial charge in [-0.15, -0.1) is 5.10 Å². The van der Waals surface area contributed by atoms with E-state index < -0.39 is 5.69 Å². The van der Waals surface area contributed by atoms with Crippen LogP contribution in [0.2, 0.25) is 10.0 Å². The third-order valence-corrected chi connectivity index (χ3v) is 3.79. The van der Waals surface area contributed by atoms with Crippen LogP contribution in [0, 0.1) is 0 Å². The van der Waals surface area contributed by atoms with Crippen molar-refractivity contribution in [3.05, 3.63) is 44.3 Å². The molecule has 0 saturated carbocycles. The monoisotopic (exact) mass is 317 g/mol. The molecule has 0 aliphatic rings. The van der Waals surface area contributed by atoms with E-state index in [2.05, 4.69) is 10.1 Å². The van der Waals surface area contributed by atoms with Gasteiger partial charge in [-0.25, -0.2) is 9.48 Å². The highest BCUT2D eigenvalue weighted by molar-refractivity contribution is 7.98. The zero-order valence-corrected chi connectivity index (χ0v) is 12.1. The van der Waals surface area contributed by atoms with Crippen molar-refractivity contribution in [1.82, 2.24) is 14.8 Å². The Balaban J connectivity index is 2.28. The maximum atomic E-state index is 12.1. The highest BCUT2D eigenvalue weighted by Gasteiger charge is 2.15. The molecule has 0 amide bonds. The Hall–Kier alpha value is -1.24. The van der Waals surface area contributed by atoms with Crippen LogP contribution in [-0.2, 0) is 6.54 Å². The quantitative estimate of drug-likeness (QED) is 0.695. The van der Waals surface area contributed by atoms with Gasteiger partial charge in [-0.05, 0) is 18.4 Å². The molecule has 2 aromatic rings. The van der Waals surface area contributed by atoms with Gasteiger partial charge in [0.15, 0.2) is 10.9 Å². The largest absolute Gasteiger partial charge is 0.344 e. The van der Waals surface area contributed by atoms with Crippen LogP contribution in [0.3, 0.4) is 0 Å². The summed E-state index contributed by atoms with van der Waals surface area (Å²) in [6.07, 6.45) is 1.78. The molecule has 1 N–H and O–H groups in total. The maximum absolute atomic E-state index is 12.1. The number of ketones is 1. The summed E-state index contributed by atoms with van der Waals surface area (Å²) in [6, 6.07) is 4.78. The standard InChI is InChI=1S/C11H9Cl2N3O2S/c1-19-10-14-11(18)16(15-10)5-8(17)6-3-2-4-7(12)9(6)13/h2-4H,5H2,1H3,(H,14,15,18). The van der Waals surface area contributed by atoms with Crippen LogP contribution in [0.15, 0.2) is 28.2 Å². The van der Waals surface area contributed by atoms with Crippen LogP contribution in [0.4, 0.5) is 0 Å². The third kappa shape index (κ3) is 3.02. The number of rotatable bonds is 4. The molecule has 19 heavy (non-hydrogen) atoms. The van der Waals surface area contributed by atoms with Gasteiger partial charge >= 0.3 is 5.69 Å². The fraction of sp³-hybridized carbons (Fsp3) is 0.182. The zero-order valence-electron chi connectivity index (χ0n) is 9.81. The molecule has 0 fully saturated rings. The predicted octanol–water partition coefficient (Wildman–Crippen LogP) is 2.48. The van der Waals surface area contributed by atoms with Crippen LogP contribution >= 0.6 is 35.0 Å². The first kappa shape index (κ1) is 14.2. The molecule has 100 valence electrons. The van der Waals surface area contributed by atoms with Gasteiger partial charge in [0.05, 0.1) is 10.0 Å². The second-order valence-electron chi connectivity index (χ2n) is 3.62. The minimum absolute atomic E-state index is 0.183. The molecule has 0 unspecified atom stereocenters.